The monoisotopic (exact) mass is 494 g/mol. The summed E-state index contributed by atoms with van der Waals surface area (Å²) in [5, 5.41) is 3.53. The Morgan fingerprint density at radius 1 is 1.20 bits per heavy atom. The lowest BCUT2D eigenvalue weighted by atomic mass is 10.1. The fraction of sp³-hybridized carbons (Fsp3) is 0.391. The quantitative estimate of drug-likeness (QED) is 0.525. The van der Waals surface area contributed by atoms with Crippen molar-refractivity contribution in [3.63, 3.8) is 0 Å². The van der Waals surface area contributed by atoms with Crippen LogP contribution < -0.4 is 10.1 Å². The first kappa shape index (κ1) is 24.2. The summed E-state index contributed by atoms with van der Waals surface area (Å²) in [6.45, 7) is 7.82. The number of carbonyl (C=O) groups excluding carboxylic acids is 2. The van der Waals surface area contributed by atoms with Gasteiger partial charge in [-0.1, -0.05) is 42.8 Å². The SMILES string of the molecule is CC[C@H](C)NC(=O)[C@H](C)N(Cc1ccccc1C)C(=O)COc1ccc(Cl)cc1Br. The summed E-state index contributed by atoms with van der Waals surface area (Å²) < 4.78 is 6.37. The number of benzene rings is 2. The minimum absolute atomic E-state index is 0.0386. The number of amides is 2. The summed E-state index contributed by atoms with van der Waals surface area (Å²) in [6.07, 6.45) is 0.817. The van der Waals surface area contributed by atoms with Crippen LogP contribution in [0.3, 0.4) is 0 Å². The van der Waals surface area contributed by atoms with Gasteiger partial charge in [0.1, 0.15) is 11.8 Å². The molecule has 0 radical (unpaired) electrons. The Hall–Kier alpha value is -2.05. The van der Waals surface area contributed by atoms with Crippen molar-refractivity contribution < 1.29 is 14.3 Å². The van der Waals surface area contributed by atoms with Gasteiger partial charge in [0, 0.05) is 17.6 Å². The summed E-state index contributed by atoms with van der Waals surface area (Å²) in [4.78, 5) is 27.4. The first-order valence-corrected chi connectivity index (χ1v) is 11.1. The molecule has 0 heterocycles. The highest BCUT2D eigenvalue weighted by atomic mass is 79.9. The van der Waals surface area contributed by atoms with Crippen molar-refractivity contribution in [2.24, 2.45) is 0 Å². The standard InChI is InChI=1S/C23H28BrClN2O3/c1-5-16(3)26-23(29)17(4)27(13-18-9-7-6-8-15(18)2)22(28)14-30-21-11-10-19(25)12-20(21)24/h6-12,16-17H,5,13-14H2,1-4H3,(H,26,29)/t16-,17-/m0/s1. The third-order valence-corrected chi connectivity index (χ3v) is 5.87. The Morgan fingerprint density at radius 2 is 1.90 bits per heavy atom. The van der Waals surface area contributed by atoms with Crippen LogP contribution in [0.15, 0.2) is 46.9 Å². The molecule has 0 saturated heterocycles. The number of hydrogen-bond donors (Lipinski definition) is 1. The van der Waals surface area contributed by atoms with Crippen LogP contribution in [0.25, 0.3) is 0 Å². The summed E-state index contributed by atoms with van der Waals surface area (Å²) in [7, 11) is 0. The predicted molar refractivity (Wildman–Crippen MR) is 124 cm³/mol. The average molecular weight is 496 g/mol. The molecular weight excluding hydrogens is 468 g/mol. The highest BCUT2D eigenvalue weighted by Crippen LogP contribution is 2.28. The molecule has 2 amide bonds. The Bertz CT molecular complexity index is 891. The molecule has 2 rings (SSSR count). The Labute approximate surface area is 191 Å². The zero-order chi connectivity index (χ0) is 22.3. The summed E-state index contributed by atoms with van der Waals surface area (Å²) in [6, 6.07) is 12.3. The smallest absolute Gasteiger partial charge is 0.261 e. The van der Waals surface area contributed by atoms with E-state index < -0.39 is 6.04 Å². The second-order valence-corrected chi connectivity index (χ2v) is 8.60. The summed E-state index contributed by atoms with van der Waals surface area (Å²) in [5.41, 5.74) is 2.05. The van der Waals surface area contributed by atoms with Crippen molar-refractivity contribution in [2.75, 3.05) is 6.61 Å². The lowest BCUT2D eigenvalue weighted by Crippen LogP contribution is -2.50. The first-order chi connectivity index (χ1) is 14.2. The van der Waals surface area contributed by atoms with Gasteiger partial charge in [0.2, 0.25) is 5.91 Å². The fourth-order valence-corrected chi connectivity index (χ4v) is 3.63. The minimum Gasteiger partial charge on any atom is -0.483 e. The van der Waals surface area contributed by atoms with Gasteiger partial charge in [-0.3, -0.25) is 9.59 Å². The van der Waals surface area contributed by atoms with Gasteiger partial charge < -0.3 is 15.0 Å². The molecular formula is C23H28BrClN2O3. The number of aryl methyl sites for hydroxylation is 1. The van der Waals surface area contributed by atoms with E-state index in [1.807, 2.05) is 45.0 Å². The van der Waals surface area contributed by atoms with Crippen molar-refractivity contribution in [3.05, 3.63) is 63.1 Å². The molecule has 1 N–H and O–H groups in total. The van der Waals surface area contributed by atoms with E-state index in [0.717, 1.165) is 17.5 Å². The Balaban J connectivity index is 2.19. The van der Waals surface area contributed by atoms with Crippen LogP contribution in [0.4, 0.5) is 0 Å². The molecule has 7 heteroatoms. The largest absolute Gasteiger partial charge is 0.483 e. The van der Waals surface area contributed by atoms with Gasteiger partial charge in [-0.25, -0.2) is 0 Å². The number of ether oxygens (including phenoxy) is 1. The topological polar surface area (TPSA) is 58.6 Å². The third-order valence-electron chi connectivity index (χ3n) is 5.02. The van der Waals surface area contributed by atoms with Crippen LogP contribution in [0, 0.1) is 6.92 Å². The highest BCUT2D eigenvalue weighted by molar-refractivity contribution is 9.10. The maximum Gasteiger partial charge on any atom is 0.261 e. The van der Waals surface area contributed by atoms with Crippen LogP contribution >= 0.6 is 27.5 Å². The molecule has 0 unspecified atom stereocenters. The molecule has 0 bridgehead atoms. The Kier molecular flexibility index (Phi) is 9.18. The van der Waals surface area contributed by atoms with Crippen LogP contribution in [0.5, 0.6) is 5.75 Å². The van der Waals surface area contributed by atoms with E-state index in [9.17, 15) is 9.59 Å². The average Bonchev–Trinajstić information content (AvgIpc) is 2.71. The van der Waals surface area contributed by atoms with Crippen LogP contribution in [0.2, 0.25) is 5.02 Å². The normalized spacial score (nSPS) is 12.7. The number of rotatable bonds is 9. The van der Waals surface area contributed by atoms with Gasteiger partial charge >= 0.3 is 0 Å². The number of nitrogens with zero attached hydrogens (tertiary/aromatic N) is 1. The van der Waals surface area contributed by atoms with Crippen LogP contribution in [-0.4, -0.2) is 35.4 Å². The van der Waals surface area contributed by atoms with E-state index >= 15 is 0 Å². The van der Waals surface area contributed by atoms with Gasteiger partial charge in [-0.15, -0.1) is 0 Å². The molecule has 5 nitrogen and oxygen atoms in total. The number of carbonyl (C=O) groups is 2. The third kappa shape index (κ3) is 6.74. The molecule has 0 saturated carbocycles. The zero-order valence-corrected chi connectivity index (χ0v) is 20.1. The highest BCUT2D eigenvalue weighted by Gasteiger charge is 2.27. The van der Waals surface area contributed by atoms with E-state index in [-0.39, 0.29) is 24.5 Å². The molecule has 2 aromatic carbocycles. The summed E-state index contributed by atoms with van der Waals surface area (Å²) >= 11 is 9.35. The van der Waals surface area contributed by atoms with Gasteiger partial charge in [-0.2, -0.15) is 0 Å². The fourth-order valence-electron chi connectivity index (χ4n) is 2.83. The van der Waals surface area contributed by atoms with Crippen molar-refractivity contribution >= 4 is 39.3 Å². The maximum atomic E-state index is 13.1. The molecule has 0 aromatic heterocycles. The van der Waals surface area contributed by atoms with Crippen LogP contribution in [0.1, 0.15) is 38.3 Å². The van der Waals surface area contributed by atoms with Crippen molar-refractivity contribution in [1.29, 1.82) is 0 Å². The lowest BCUT2D eigenvalue weighted by molar-refractivity contribution is -0.142. The zero-order valence-electron chi connectivity index (χ0n) is 17.7. The maximum absolute atomic E-state index is 13.1. The second-order valence-electron chi connectivity index (χ2n) is 7.31. The molecule has 0 fully saturated rings. The van der Waals surface area contributed by atoms with Gasteiger partial charge in [0.15, 0.2) is 6.61 Å². The number of nitrogens with one attached hydrogen (secondary N) is 1. The minimum atomic E-state index is -0.636. The van der Waals surface area contributed by atoms with Crippen molar-refractivity contribution in [3.8, 4) is 5.75 Å². The van der Waals surface area contributed by atoms with Gasteiger partial charge in [0.05, 0.1) is 4.47 Å². The second kappa shape index (κ2) is 11.4. The molecule has 30 heavy (non-hydrogen) atoms. The van der Waals surface area contributed by atoms with E-state index in [0.29, 0.717) is 21.8 Å². The number of halogens is 2. The molecule has 0 aliphatic rings. The van der Waals surface area contributed by atoms with E-state index in [1.165, 1.54) is 0 Å². The van der Waals surface area contributed by atoms with Crippen molar-refractivity contribution in [2.45, 2.75) is 52.7 Å². The van der Waals surface area contributed by atoms with Gasteiger partial charge in [-0.05, 0) is 72.4 Å². The molecule has 0 spiro atoms. The predicted octanol–water partition coefficient (Wildman–Crippen LogP) is 5.12. The molecule has 162 valence electrons. The summed E-state index contributed by atoms with van der Waals surface area (Å²) in [5.74, 6) is 0.0613. The molecule has 0 aliphatic carbocycles. The van der Waals surface area contributed by atoms with Gasteiger partial charge in [0.25, 0.3) is 5.91 Å². The van der Waals surface area contributed by atoms with Crippen LogP contribution in [-0.2, 0) is 16.1 Å². The van der Waals surface area contributed by atoms with E-state index in [1.54, 1.807) is 30.0 Å². The Morgan fingerprint density at radius 3 is 2.53 bits per heavy atom. The first-order valence-electron chi connectivity index (χ1n) is 9.95. The molecule has 0 aliphatic heterocycles. The molecule has 2 aromatic rings. The van der Waals surface area contributed by atoms with Crippen molar-refractivity contribution in [1.82, 2.24) is 10.2 Å². The molecule has 2 atom stereocenters. The lowest BCUT2D eigenvalue weighted by Gasteiger charge is -2.30. The van der Waals surface area contributed by atoms with E-state index in [4.69, 9.17) is 16.3 Å². The number of hydrogen-bond acceptors (Lipinski definition) is 3. The van der Waals surface area contributed by atoms with E-state index in [2.05, 4.69) is 21.2 Å².